The van der Waals surface area contributed by atoms with E-state index in [4.69, 9.17) is 23.2 Å². The molecule has 0 aliphatic carbocycles. The molecule has 24 heavy (non-hydrogen) atoms. The minimum Gasteiger partial charge on any atom is -0.323 e. The summed E-state index contributed by atoms with van der Waals surface area (Å²) in [6, 6.07) is 9.01. The number of para-hydroxylation sites is 1. The monoisotopic (exact) mass is 398 g/mol. The molecule has 0 aliphatic heterocycles. The van der Waals surface area contributed by atoms with Crippen molar-refractivity contribution in [2.45, 2.75) is 5.16 Å². The second-order valence-corrected chi connectivity index (χ2v) is 7.48. The summed E-state index contributed by atoms with van der Waals surface area (Å²) in [5.41, 5.74) is 0.420. The number of hydrogen-bond acceptors (Lipinski definition) is 5. The van der Waals surface area contributed by atoms with Gasteiger partial charge in [0.1, 0.15) is 0 Å². The molecule has 1 aromatic carbocycles. The maximum atomic E-state index is 12.1. The van der Waals surface area contributed by atoms with Gasteiger partial charge in [0.2, 0.25) is 5.91 Å². The summed E-state index contributed by atoms with van der Waals surface area (Å²) in [5.74, 6) is 0.746. The number of anilines is 1. The van der Waals surface area contributed by atoms with Crippen molar-refractivity contribution in [3.63, 3.8) is 0 Å². The fourth-order valence-corrected chi connectivity index (χ4v) is 3.93. The number of nitrogens with zero attached hydrogens (tertiary/aromatic N) is 3. The average molecular weight is 399 g/mol. The molecule has 9 heteroatoms. The van der Waals surface area contributed by atoms with Crippen LogP contribution in [-0.4, -0.2) is 26.4 Å². The minimum atomic E-state index is -0.212. The largest absolute Gasteiger partial charge is 0.323 e. The lowest BCUT2D eigenvalue weighted by molar-refractivity contribution is -0.113. The van der Waals surface area contributed by atoms with Crippen LogP contribution in [0.5, 0.6) is 0 Å². The van der Waals surface area contributed by atoms with E-state index >= 15 is 0 Å². The fraction of sp³-hybridized carbons (Fsp3) is 0.133. The quantitative estimate of drug-likeness (QED) is 0.638. The molecule has 0 unspecified atom stereocenters. The van der Waals surface area contributed by atoms with Crippen LogP contribution in [0.4, 0.5) is 5.69 Å². The van der Waals surface area contributed by atoms with Crippen molar-refractivity contribution in [1.82, 2.24) is 14.8 Å². The molecule has 0 bridgehead atoms. The summed E-state index contributed by atoms with van der Waals surface area (Å²) < 4.78 is 1.87. The maximum Gasteiger partial charge on any atom is 0.234 e. The summed E-state index contributed by atoms with van der Waals surface area (Å²) in [6.45, 7) is 0. The van der Waals surface area contributed by atoms with Crippen LogP contribution in [0.25, 0.3) is 10.7 Å². The Hall–Kier alpha value is -1.54. The van der Waals surface area contributed by atoms with Crippen molar-refractivity contribution in [3.8, 4) is 10.7 Å². The number of nitrogens with one attached hydrogen (secondary N) is 1. The molecule has 3 aromatic rings. The highest BCUT2D eigenvalue weighted by molar-refractivity contribution is 7.99. The molecule has 0 aliphatic rings. The van der Waals surface area contributed by atoms with Gasteiger partial charge in [-0.15, -0.1) is 21.5 Å². The van der Waals surface area contributed by atoms with Gasteiger partial charge in [-0.3, -0.25) is 4.79 Å². The van der Waals surface area contributed by atoms with E-state index in [1.165, 1.54) is 11.8 Å². The Kier molecular flexibility index (Phi) is 5.45. The third kappa shape index (κ3) is 3.75. The molecule has 0 atom stereocenters. The zero-order chi connectivity index (χ0) is 17.1. The number of rotatable bonds is 5. The number of thiophene rings is 1. The molecule has 0 fully saturated rings. The van der Waals surface area contributed by atoms with Crippen molar-refractivity contribution in [2.24, 2.45) is 7.05 Å². The third-order valence-corrected chi connectivity index (χ3v) is 5.65. The second kappa shape index (κ2) is 7.57. The molecule has 124 valence electrons. The van der Waals surface area contributed by atoms with Crippen LogP contribution in [0.1, 0.15) is 0 Å². The first-order chi connectivity index (χ1) is 11.6. The van der Waals surface area contributed by atoms with E-state index in [9.17, 15) is 4.79 Å². The van der Waals surface area contributed by atoms with Crippen molar-refractivity contribution in [2.75, 3.05) is 11.1 Å². The molecule has 0 saturated heterocycles. The van der Waals surface area contributed by atoms with Crippen molar-refractivity contribution < 1.29 is 4.79 Å². The van der Waals surface area contributed by atoms with Crippen LogP contribution in [0, 0.1) is 0 Å². The first-order valence-corrected chi connectivity index (χ1v) is 9.48. The van der Waals surface area contributed by atoms with Crippen LogP contribution in [0.3, 0.4) is 0 Å². The SMILES string of the molecule is Cn1c(SCC(=O)Nc2c(Cl)cccc2Cl)nnc1-c1cccs1. The molecule has 3 rings (SSSR count). The Morgan fingerprint density at radius 3 is 2.67 bits per heavy atom. The lowest BCUT2D eigenvalue weighted by Crippen LogP contribution is -2.15. The molecule has 2 heterocycles. The summed E-state index contributed by atoms with van der Waals surface area (Å²) in [7, 11) is 1.88. The van der Waals surface area contributed by atoms with Crippen LogP contribution in [-0.2, 0) is 11.8 Å². The number of amides is 1. The number of carbonyl (C=O) groups excluding carboxylic acids is 1. The fourth-order valence-electron chi connectivity index (χ4n) is 1.98. The first-order valence-electron chi connectivity index (χ1n) is 6.86. The Bertz CT molecular complexity index is 844. The van der Waals surface area contributed by atoms with Gasteiger partial charge in [0.05, 0.1) is 26.4 Å². The highest BCUT2D eigenvalue weighted by atomic mass is 35.5. The molecule has 5 nitrogen and oxygen atoms in total. The van der Waals surface area contributed by atoms with Gasteiger partial charge in [-0.2, -0.15) is 0 Å². The molecule has 1 amide bonds. The second-order valence-electron chi connectivity index (χ2n) is 4.78. The first kappa shape index (κ1) is 17.3. The highest BCUT2D eigenvalue weighted by Crippen LogP contribution is 2.30. The zero-order valence-electron chi connectivity index (χ0n) is 12.5. The van der Waals surface area contributed by atoms with Crippen molar-refractivity contribution in [3.05, 3.63) is 45.8 Å². The Morgan fingerprint density at radius 1 is 1.25 bits per heavy atom. The number of halogens is 2. The Morgan fingerprint density at radius 2 is 2.00 bits per heavy atom. The topological polar surface area (TPSA) is 59.8 Å². The summed E-state index contributed by atoms with van der Waals surface area (Å²) in [4.78, 5) is 13.2. The van der Waals surface area contributed by atoms with Crippen LogP contribution >= 0.6 is 46.3 Å². The van der Waals surface area contributed by atoms with E-state index in [2.05, 4.69) is 15.5 Å². The summed E-state index contributed by atoms with van der Waals surface area (Å²) in [5, 5.41) is 14.5. The van der Waals surface area contributed by atoms with Gasteiger partial charge in [-0.05, 0) is 23.6 Å². The van der Waals surface area contributed by atoms with Crippen LogP contribution < -0.4 is 5.32 Å². The van der Waals surface area contributed by atoms with E-state index in [-0.39, 0.29) is 11.7 Å². The molecule has 0 saturated carbocycles. The van der Waals surface area contributed by atoms with Crippen LogP contribution in [0.2, 0.25) is 10.0 Å². The standard InChI is InChI=1S/C15H12Cl2N4OS2/c1-21-14(11-6-3-7-23-11)19-20-15(21)24-8-12(22)18-13-9(16)4-2-5-10(13)17/h2-7H,8H2,1H3,(H,18,22). The van der Waals surface area contributed by atoms with Gasteiger partial charge in [0, 0.05) is 7.05 Å². The summed E-state index contributed by atoms with van der Waals surface area (Å²) >= 11 is 15.0. The predicted octanol–water partition coefficient (Wildman–Crippen LogP) is 4.58. The van der Waals surface area contributed by atoms with Crippen molar-refractivity contribution >= 4 is 57.9 Å². The number of aromatic nitrogens is 3. The maximum absolute atomic E-state index is 12.1. The lowest BCUT2D eigenvalue weighted by Gasteiger charge is -2.08. The highest BCUT2D eigenvalue weighted by Gasteiger charge is 2.15. The smallest absolute Gasteiger partial charge is 0.234 e. The molecule has 2 aromatic heterocycles. The van der Waals surface area contributed by atoms with E-state index < -0.39 is 0 Å². The van der Waals surface area contributed by atoms with Gasteiger partial charge >= 0.3 is 0 Å². The number of benzene rings is 1. The van der Waals surface area contributed by atoms with Gasteiger partial charge < -0.3 is 9.88 Å². The molecule has 0 spiro atoms. The number of carbonyl (C=O) groups is 1. The number of thioether (sulfide) groups is 1. The van der Waals surface area contributed by atoms with E-state index in [1.807, 2.05) is 29.1 Å². The predicted molar refractivity (Wildman–Crippen MR) is 100 cm³/mol. The minimum absolute atomic E-state index is 0.179. The van der Waals surface area contributed by atoms with Gasteiger partial charge in [-0.25, -0.2) is 0 Å². The van der Waals surface area contributed by atoms with E-state index in [0.717, 1.165) is 10.7 Å². The molecule has 1 N–H and O–H groups in total. The lowest BCUT2D eigenvalue weighted by atomic mass is 10.3. The number of hydrogen-bond donors (Lipinski definition) is 1. The summed E-state index contributed by atoms with van der Waals surface area (Å²) in [6.07, 6.45) is 0. The van der Waals surface area contributed by atoms with Gasteiger partial charge in [0.25, 0.3) is 0 Å². The average Bonchev–Trinajstić information content (AvgIpc) is 3.19. The molecule has 0 radical (unpaired) electrons. The van der Waals surface area contributed by atoms with E-state index in [1.54, 1.807) is 29.5 Å². The third-order valence-electron chi connectivity index (χ3n) is 3.14. The zero-order valence-corrected chi connectivity index (χ0v) is 15.6. The van der Waals surface area contributed by atoms with E-state index in [0.29, 0.717) is 20.9 Å². The Balaban J connectivity index is 1.65. The molecular formula is C15H12Cl2N4OS2. The van der Waals surface area contributed by atoms with Gasteiger partial charge in [-0.1, -0.05) is 47.1 Å². The normalized spacial score (nSPS) is 10.8. The molecular weight excluding hydrogens is 387 g/mol. The van der Waals surface area contributed by atoms with Crippen LogP contribution in [0.15, 0.2) is 40.9 Å². The van der Waals surface area contributed by atoms with Gasteiger partial charge in [0.15, 0.2) is 11.0 Å². The Labute approximate surface area is 157 Å². The van der Waals surface area contributed by atoms with Crippen molar-refractivity contribution in [1.29, 1.82) is 0 Å².